The molecule has 0 aromatic heterocycles. The number of hydrogen-bond acceptors (Lipinski definition) is 2. The van der Waals surface area contributed by atoms with Crippen molar-refractivity contribution in [2.24, 2.45) is 0 Å². The van der Waals surface area contributed by atoms with Gasteiger partial charge < -0.3 is 10.2 Å². The number of nitrogens with one attached hydrogen (secondary N) is 1. The van der Waals surface area contributed by atoms with Gasteiger partial charge in [0.15, 0.2) is 0 Å². The first-order valence-corrected chi connectivity index (χ1v) is 7.65. The van der Waals surface area contributed by atoms with Crippen molar-refractivity contribution in [3.8, 4) is 0 Å². The van der Waals surface area contributed by atoms with Crippen LogP contribution in [0.5, 0.6) is 0 Å². The molecule has 19 heavy (non-hydrogen) atoms. The number of anilines is 1. The second-order valence-corrected chi connectivity index (χ2v) is 5.97. The fourth-order valence-corrected chi connectivity index (χ4v) is 2.75. The van der Waals surface area contributed by atoms with E-state index in [2.05, 4.69) is 54.2 Å². The Balaban J connectivity index is 2.17. The molecule has 0 bridgehead atoms. The number of aryl methyl sites for hydroxylation is 2. The molecule has 1 heterocycles. The molecule has 4 heteroatoms. The van der Waals surface area contributed by atoms with Gasteiger partial charge in [-0.25, -0.2) is 0 Å². The number of benzene rings is 1. The highest BCUT2D eigenvalue weighted by Crippen LogP contribution is 2.29. The minimum absolute atomic E-state index is 0.00999. The maximum atomic E-state index is 12.4. The van der Waals surface area contributed by atoms with Gasteiger partial charge in [-0.2, -0.15) is 0 Å². The number of hydrogen-bond donors (Lipinski definition) is 1. The second-order valence-electron chi connectivity index (χ2n) is 5.18. The van der Waals surface area contributed by atoms with Gasteiger partial charge in [0.1, 0.15) is 0 Å². The predicted molar refractivity (Wildman–Crippen MR) is 82.7 cm³/mol. The summed E-state index contributed by atoms with van der Waals surface area (Å²) < 4.78 is 1.13. The predicted octanol–water partition coefficient (Wildman–Crippen LogP) is 3.17. The summed E-state index contributed by atoms with van der Waals surface area (Å²) in [5.74, 6) is 0.203. The molecule has 0 aliphatic carbocycles. The Morgan fingerprint density at radius 1 is 1.37 bits per heavy atom. The summed E-state index contributed by atoms with van der Waals surface area (Å²) in [5, 5.41) is 3.32. The van der Waals surface area contributed by atoms with E-state index in [-0.39, 0.29) is 11.9 Å². The first kappa shape index (κ1) is 14.5. The Labute approximate surface area is 123 Å². The molecule has 1 atom stereocenters. The lowest BCUT2D eigenvalue weighted by molar-refractivity contribution is -0.118. The third-order valence-electron chi connectivity index (χ3n) is 3.58. The molecule has 3 nitrogen and oxygen atoms in total. The molecule has 104 valence electrons. The number of rotatable bonds is 4. The van der Waals surface area contributed by atoms with Crippen LogP contribution in [0.1, 0.15) is 30.9 Å². The lowest BCUT2D eigenvalue weighted by Crippen LogP contribution is -2.38. The molecule has 1 amide bonds. The molecule has 1 saturated heterocycles. The molecule has 2 rings (SSSR count). The summed E-state index contributed by atoms with van der Waals surface area (Å²) >= 11 is 3.57. The highest BCUT2D eigenvalue weighted by molar-refractivity contribution is 9.10. The van der Waals surface area contributed by atoms with Crippen LogP contribution in [0.4, 0.5) is 5.69 Å². The first-order valence-electron chi connectivity index (χ1n) is 6.86. The topological polar surface area (TPSA) is 32.3 Å². The van der Waals surface area contributed by atoms with Crippen molar-refractivity contribution in [1.29, 1.82) is 0 Å². The molecule has 1 aliphatic rings. The summed E-state index contributed by atoms with van der Waals surface area (Å²) in [7, 11) is 0. The molecule has 1 fully saturated rings. The molecular weight excluding hydrogens is 304 g/mol. The van der Waals surface area contributed by atoms with Gasteiger partial charge in [-0.15, -0.1) is 0 Å². The maximum Gasteiger partial charge on any atom is 0.244 e. The van der Waals surface area contributed by atoms with Gasteiger partial charge in [-0.1, -0.05) is 22.9 Å². The van der Waals surface area contributed by atoms with E-state index in [1.165, 1.54) is 11.1 Å². The van der Waals surface area contributed by atoms with Gasteiger partial charge >= 0.3 is 0 Å². The average molecular weight is 325 g/mol. The van der Waals surface area contributed by atoms with E-state index >= 15 is 0 Å². The summed E-state index contributed by atoms with van der Waals surface area (Å²) in [4.78, 5) is 14.3. The Morgan fingerprint density at radius 2 is 2.00 bits per heavy atom. The number of carbonyl (C=O) groups is 1. The van der Waals surface area contributed by atoms with Gasteiger partial charge in [0.05, 0.1) is 6.04 Å². The monoisotopic (exact) mass is 324 g/mol. The van der Waals surface area contributed by atoms with Gasteiger partial charge in [0.2, 0.25) is 5.91 Å². The van der Waals surface area contributed by atoms with Crippen molar-refractivity contribution in [2.45, 2.75) is 39.7 Å². The zero-order valence-electron chi connectivity index (χ0n) is 11.8. The Bertz CT molecular complexity index is 464. The van der Waals surface area contributed by atoms with Crippen molar-refractivity contribution in [1.82, 2.24) is 5.32 Å². The van der Waals surface area contributed by atoms with Crippen LogP contribution in [-0.4, -0.2) is 25.0 Å². The van der Waals surface area contributed by atoms with Gasteiger partial charge in [-0.05, 0) is 56.5 Å². The number of carbonyl (C=O) groups excluding carboxylic acids is 1. The van der Waals surface area contributed by atoms with Crippen molar-refractivity contribution >= 4 is 27.5 Å². The zero-order chi connectivity index (χ0) is 14.0. The van der Waals surface area contributed by atoms with Crippen LogP contribution in [0.25, 0.3) is 0 Å². The van der Waals surface area contributed by atoms with Crippen LogP contribution in [-0.2, 0) is 4.79 Å². The smallest absolute Gasteiger partial charge is 0.244 e. The van der Waals surface area contributed by atoms with E-state index in [9.17, 15) is 4.79 Å². The van der Waals surface area contributed by atoms with Gasteiger partial charge in [0.25, 0.3) is 0 Å². The molecule has 1 aliphatic heterocycles. The molecule has 1 aromatic carbocycles. The quantitative estimate of drug-likeness (QED) is 0.922. The Morgan fingerprint density at radius 3 is 2.58 bits per heavy atom. The highest BCUT2D eigenvalue weighted by Gasteiger charge is 2.32. The van der Waals surface area contributed by atoms with Crippen LogP contribution in [0, 0.1) is 13.8 Å². The van der Waals surface area contributed by atoms with Gasteiger partial charge in [0, 0.05) is 16.7 Å². The third-order valence-corrected chi connectivity index (χ3v) is 4.83. The highest BCUT2D eigenvalue weighted by atomic mass is 79.9. The van der Waals surface area contributed by atoms with Crippen LogP contribution in [0.3, 0.4) is 0 Å². The molecule has 0 radical (unpaired) electrons. The largest absolute Gasteiger partial charge is 0.311 e. The van der Waals surface area contributed by atoms with E-state index in [1.807, 2.05) is 4.90 Å². The Hall–Kier alpha value is -0.870. The van der Waals surface area contributed by atoms with Gasteiger partial charge in [-0.3, -0.25) is 4.79 Å². The molecule has 0 spiro atoms. The minimum atomic E-state index is -0.00999. The van der Waals surface area contributed by atoms with E-state index in [4.69, 9.17) is 0 Å². The number of amides is 1. The summed E-state index contributed by atoms with van der Waals surface area (Å²) in [6.07, 6.45) is 1.95. The SMILES string of the molecule is CCCNC1CCN(c2cc(C)c(Br)c(C)c2)C1=O. The summed E-state index contributed by atoms with van der Waals surface area (Å²) in [6.45, 7) is 7.96. The Kier molecular flexibility index (Phi) is 4.63. The molecular formula is C15H21BrN2O. The molecule has 0 saturated carbocycles. The minimum Gasteiger partial charge on any atom is -0.311 e. The third kappa shape index (κ3) is 3.00. The molecule has 1 aromatic rings. The second kappa shape index (κ2) is 6.06. The van der Waals surface area contributed by atoms with Crippen molar-refractivity contribution in [3.63, 3.8) is 0 Å². The van der Waals surface area contributed by atoms with Crippen LogP contribution in [0.15, 0.2) is 16.6 Å². The number of halogens is 1. The lowest BCUT2D eigenvalue weighted by atomic mass is 10.1. The fourth-order valence-electron chi connectivity index (χ4n) is 2.52. The summed E-state index contributed by atoms with van der Waals surface area (Å²) in [6, 6.07) is 4.15. The zero-order valence-corrected chi connectivity index (χ0v) is 13.4. The van der Waals surface area contributed by atoms with Crippen molar-refractivity contribution < 1.29 is 4.79 Å². The first-order chi connectivity index (χ1) is 9.04. The fraction of sp³-hybridized carbons (Fsp3) is 0.533. The van der Waals surface area contributed by atoms with Crippen molar-refractivity contribution in [2.75, 3.05) is 18.0 Å². The molecule has 1 unspecified atom stereocenters. The lowest BCUT2D eigenvalue weighted by Gasteiger charge is -2.19. The van der Waals surface area contributed by atoms with E-state index in [0.29, 0.717) is 0 Å². The number of nitrogens with zero attached hydrogens (tertiary/aromatic N) is 1. The van der Waals surface area contributed by atoms with E-state index in [0.717, 1.165) is 36.1 Å². The average Bonchev–Trinajstić information content (AvgIpc) is 2.74. The summed E-state index contributed by atoms with van der Waals surface area (Å²) in [5.41, 5.74) is 3.37. The molecule has 1 N–H and O–H groups in total. The van der Waals surface area contributed by atoms with E-state index in [1.54, 1.807) is 0 Å². The van der Waals surface area contributed by atoms with Crippen LogP contribution < -0.4 is 10.2 Å². The van der Waals surface area contributed by atoms with Crippen LogP contribution in [0.2, 0.25) is 0 Å². The van der Waals surface area contributed by atoms with E-state index < -0.39 is 0 Å². The maximum absolute atomic E-state index is 12.4. The van der Waals surface area contributed by atoms with Crippen molar-refractivity contribution in [3.05, 3.63) is 27.7 Å². The standard InChI is InChI=1S/C15H21BrN2O/c1-4-6-17-13-5-7-18(15(13)19)12-8-10(2)14(16)11(3)9-12/h8-9,13,17H,4-7H2,1-3H3. The van der Waals surface area contributed by atoms with Crippen LogP contribution >= 0.6 is 15.9 Å². The normalized spacial score (nSPS) is 19.3.